The summed E-state index contributed by atoms with van der Waals surface area (Å²) in [5, 5.41) is 4.60. The lowest BCUT2D eigenvalue weighted by atomic mass is 10.0. The van der Waals surface area contributed by atoms with Crippen LogP contribution in [0.15, 0.2) is 27.2 Å². The van der Waals surface area contributed by atoms with Gasteiger partial charge in [0.05, 0.1) is 11.1 Å². The van der Waals surface area contributed by atoms with Crippen molar-refractivity contribution in [2.45, 2.75) is 26.3 Å². The van der Waals surface area contributed by atoms with Crippen molar-refractivity contribution in [3.63, 3.8) is 0 Å². The molecule has 0 unspecified atom stereocenters. The second-order valence-corrected chi connectivity index (χ2v) is 6.08. The summed E-state index contributed by atoms with van der Waals surface area (Å²) in [6.45, 7) is 4.21. The van der Waals surface area contributed by atoms with Gasteiger partial charge in [0.25, 0.3) is 0 Å². The van der Waals surface area contributed by atoms with Crippen LogP contribution in [0, 0.1) is 5.92 Å². The number of nitrogens with zero attached hydrogens (tertiary/aromatic N) is 2. The first-order valence-corrected chi connectivity index (χ1v) is 7.19. The average Bonchev–Trinajstić information content (AvgIpc) is 2.81. The van der Waals surface area contributed by atoms with Crippen LogP contribution in [0.1, 0.15) is 32.2 Å². The van der Waals surface area contributed by atoms with Crippen LogP contribution < -0.4 is 5.73 Å². The van der Waals surface area contributed by atoms with Crippen molar-refractivity contribution >= 4 is 27.5 Å². The Morgan fingerprint density at radius 1 is 1.42 bits per heavy atom. The smallest absolute Gasteiger partial charge is 0.243 e. The highest BCUT2D eigenvalue weighted by Crippen LogP contribution is 2.28. The molecule has 0 aliphatic rings. The number of rotatable bonds is 4. The Balaban J connectivity index is 2.22. The highest BCUT2D eigenvalue weighted by molar-refractivity contribution is 9.10. The fourth-order valence-electron chi connectivity index (χ4n) is 1.75. The van der Waals surface area contributed by atoms with E-state index in [0.29, 0.717) is 22.7 Å². The predicted molar refractivity (Wildman–Crippen MR) is 78.8 cm³/mol. The second kappa shape index (κ2) is 6.03. The van der Waals surface area contributed by atoms with Crippen LogP contribution in [0.25, 0.3) is 11.4 Å². The molecule has 2 N–H and O–H groups in total. The lowest BCUT2D eigenvalue weighted by Crippen LogP contribution is -2.13. The summed E-state index contributed by atoms with van der Waals surface area (Å²) in [4.78, 5) is 4.34. The summed E-state index contributed by atoms with van der Waals surface area (Å²) in [6.07, 6.45) is 0.811. The van der Waals surface area contributed by atoms with E-state index in [1.165, 1.54) is 0 Å². The van der Waals surface area contributed by atoms with E-state index in [1.807, 2.05) is 12.1 Å². The monoisotopic (exact) mass is 343 g/mol. The van der Waals surface area contributed by atoms with Gasteiger partial charge in [0.2, 0.25) is 11.7 Å². The summed E-state index contributed by atoms with van der Waals surface area (Å²) in [6, 6.07) is 5.25. The molecule has 4 nitrogen and oxygen atoms in total. The van der Waals surface area contributed by atoms with Gasteiger partial charge in [-0.2, -0.15) is 4.98 Å². The molecule has 0 amide bonds. The molecule has 0 aliphatic carbocycles. The third-order valence-corrected chi connectivity index (χ3v) is 3.88. The Bertz CT molecular complexity index is 571. The minimum Gasteiger partial charge on any atom is -0.337 e. The van der Waals surface area contributed by atoms with Crippen molar-refractivity contribution in [1.82, 2.24) is 10.1 Å². The molecule has 102 valence electrons. The molecule has 1 aromatic carbocycles. The van der Waals surface area contributed by atoms with Gasteiger partial charge in [-0.1, -0.05) is 30.6 Å². The molecule has 0 radical (unpaired) electrons. The summed E-state index contributed by atoms with van der Waals surface area (Å²) < 4.78 is 6.01. The Labute approximate surface area is 125 Å². The van der Waals surface area contributed by atoms with E-state index < -0.39 is 0 Å². The molecule has 0 aliphatic heterocycles. The minimum atomic E-state index is -0.225. The van der Waals surface area contributed by atoms with Gasteiger partial charge in [-0.15, -0.1) is 0 Å². The number of aromatic nitrogens is 2. The van der Waals surface area contributed by atoms with Crippen molar-refractivity contribution in [3.05, 3.63) is 33.6 Å². The van der Waals surface area contributed by atoms with E-state index in [9.17, 15) is 0 Å². The van der Waals surface area contributed by atoms with Crippen molar-refractivity contribution in [2.75, 3.05) is 0 Å². The maximum atomic E-state index is 6.01. The standard InChI is InChI=1S/C13H15BrClN3O/c1-7(2)5-11(16)13-17-12(18-19-13)8-3-4-10(15)9(14)6-8/h3-4,6-7,11H,5,16H2,1-2H3/t11-/m1/s1. The van der Waals surface area contributed by atoms with Gasteiger partial charge >= 0.3 is 0 Å². The Kier molecular flexibility index (Phi) is 4.60. The topological polar surface area (TPSA) is 64.9 Å². The maximum absolute atomic E-state index is 6.01. The fourth-order valence-corrected chi connectivity index (χ4v) is 2.24. The highest BCUT2D eigenvalue weighted by atomic mass is 79.9. The summed E-state index contributed by atoms with van der Waals surface area (Å²) in [7, 11) is 0. The van der Waals surface area contributed by atoms with E-state index in [-0.39, 0.29) is 6.04 Å². The molecular formula is C13H15BrClN3O. The molecule has 0 bridgehead atoms. The van der Waals surface area contributed by atoms with Crippen molar-refractivity contribution in [2.24, 2.45) is 11.7 Å². The van der Waals surface area contributed by atoms with Crippen molar-refractivity contribution in [1.29, 1.82) is 0 Å². The highest BCUT2D eigenvalue weighted by Gasteiger charge is 2.17. The molecule has 2 aromatic rings. The van der Waals surface area contributed by atoms with Crippen molar-refractivity contribution < 1.29 is 4.52 Å². The SMILES string of the molecule is CC(C)C[C@@H](N)c1nc(-c2ccc(Cl)c(Br)c2)no1. The van der Waals surface area contributed by atoms with Crippen LogP contribution in [0.2, 0.25) is 5.02 Å². The molecule has 19 heavy (non-hydrogen) atoms. The number of halogens is 2. The summed E-state index contributed by atoms with van der Waals surface area (Å²) in [5.41, 5.74) is 6.85. The Hall–Kier alpha value is -0.910. The number of nitrogens with two attached hydrogens (primary N) is 1. The quantitative estimate of drug-likeness (QED) is 0.903. The molecule has 1 atom stereocenters. The minimum absolute atomic E-state index is 0.225. The summed E-state index contributed by atoms with van der Waals surface area (Å²) >= 11 is 9.32. The lowest BCUT2D eigenvalue weighted by Gasteiger charge is -2.08. The van der Waals surface area contributed by atoms with Crippen LogP contribution >= 0.6 is 27.5 Å². The largest absolute Gasteiger partial charge is 0.337 e. The molecule has 0 fully saturated rings. The zero-order valence-electron chi connectivity index (χ0n) is 10.7. The lowest BCUT2D eigenvalue weighted by molar-refractivity contribution is 0.335. The first kappa shape index (κ1) is 14.5. The molecule has 1 heterocycles. The Morgan fingerprint density at radius 3 is 2.79 bits per heavy atom. The molecule has 1 aromatic heterocycles. The molecular weight excluding hydrogens is 330 g/mol. The molecule has 6 heteroatoms. The average molecular weight is 345 g/mol. The first-order chi connectivity index (χ1) is 8.97. The third kappa shape index (κ3) is 3.55. The molecule has 0 spiro atoms. The van der Waals surface area contributed by atoms with Crippen LogP contribution in [0.4, 0.5) is 0 Å². The van der Waals surface area contributed by atoms with Crippen molar-refractivity contribution in [3.8, 4) is 11.4 Å². The van der Waals surface area contributed by atoms with Crippen LogP contribution in [-0.4, -0.2) is 10.1 Å². The Morgan fingerprint density at radius 2 is 2.16 bits per heavy atom. The van der Waals surface area contributed by atoms with E-state index in [2.05, 4.69) is 39.9 Å². The molecule has 0 saturated carbocycles. The first-order valence-electron chi connectivity index (χ1n) is 6.02. The number of hydrogen-bond donors (Lipinski definition) is 1. The number of hydrogen-bond acceptors (Lipinski definition) is 4. The zero-order chi connectivity index (χ0) is 14.0. The van der Waals surface area contributed by atoms with E-state index in [1.54, 1.807) is 6.07 Å². The second-order valence-electron chi connectivity index (χ2n) is 4.82. The fraction of sp³-hybridized carbons (Fsp3) is 0.385. The van der Waals surface area contributed by atoms with Gasteiger partial charge in [0.15, 0.2) is 0 Å². The van der Waals surface area contributed by atoms with Crippen LogP contribution in [-0.2, 0) is 0 Å². The van der Waals surface area contributed by atoms with Gasteiger partial charge in [0, 0.05) is 10.0 Å². The van der Waals surface area contributed by atoms with Crippen LogP contribution in [0.5, 0.6) is 0 Å². The predicted octanol–water partition coefficient (Wildman–Crippen LogP) is 4.20. The van der Waals surface area contributed by atoms with E-state index >= 15 is 0 Å². The van der Waals surface area contributed by atoms with Gasteiger partial charge in [-0.05, 0) is 46.5 Å². The maximum Gasteiger partial charge on any atom is 0.243 e. The van der Waals surface area contributed by atoms with Gasteiger partial charge < -0.3 is 10.3 Å². The van der Waals surface area contributed by atoms with Crippen LogP contribution in [0.3, 0.4) is 0 Å². The van der Waals surface area contributed by atoms with Gasteiger partial charge in [-0.25, -0.2) is 0 Å². The van der Waals surface area contributed by atoms with Gasteiger partial charge in [0.1, 0.15) is 0 Å². The van der Waals surface area contributed by atoms with Gasteiger partial charge in [-0.3, -0.25) is 0 Å². The summed E-state index contributed by atoms with van der Waals surface area (Å²) in [5.74, 6) is 1.47. The van der Waals surface area contributed by atoms with E-state index in [4.69, 9.17) is 21.9 Å². The zero-order valence-corrected chi connectivity index (χ0v) is 13.1. The molecule has 2 rings (SSSR count). The third-order valence-electron chi connectivity index (χ3n) is 2.66. The molecule has 0 saturated heterocycles. The normalized spacial score (nSPS) is 12.9. The number of benzene rings is 1. The van der Waals surface area contributed by atoms with E-state index in [0.717, 1.165) is 16.5 Å².